The first kappa shape index (κ1) is 13.8. The maximum atomic E-state index is 11.7. The minimum Gasteiger partial charge on any atom is -0.481 e. The van der Waals surface area contributed by atoms with E-state index in [1.165, 1.54) is 6.92 Å². The van der Waals surface area contributed by atoms with Crippen LogP contribution in [0.5, 0.6) is 0 Å². The van der Waals surface area contributed by atoms with Crippen LogP contribution in [0.4, 0.5) is 0 Å². The van der Waals surface area contributed by atoms with E-state index in [4.69, 9.17) is 5.11 Å². The minimum absolute atomic E-state index is 0.349. The lowest BCUT2D eigenvalue weighted by Gasteiger charge is -2.07. The average molecular weight is 252 g/mol. The van der Waals surface area contributed by atoms with Gasteiger partial charge < -0.3 is 5.11 Å². The SMILES string of the molecule is CC(C)Sc1ccc(C(=O)C(C)C(=O)O)cc1. The Morgan fingerprint density at radius 2 is 1.65 bits per heavy atom. The number of thioether (sulfide) groups is 1. The Labute approximate surface area is 105 Å². The van der Waals surface area contributed by atoms with E-state index >= 15 is 0 Å². The highest BCUT2D eigenvalue weighted by atomic mass is 32.2. The van der Waals surface area contributed by atoms with Crippen LogP contribution in [-0.2, 0) is 4.79 Å². The van der Waals surface area contributed by atoms with Crippen molar-refractivity contribution in [3.63, 3.8) is 0 Å². The largest absolute Gasteiger partial charge is 0.481 e. The molecule has 1 unspecified atom stereocenters. The third-order valence-electron chi connectivity index (χ3n) is 2.27. The summed E-state index contributed by atoms with van der Waals surface area (Å²) in [5, 5.41) is 9.24. The first-order chi connectivity index (χ1) is 7.91. The number of carboxylic acid groups (broad SMARTS) is 1. The van der Waals surface area contributed by atoms with E-state index in [0.29, 0.717) is 10.8 Å². The standard InChI is InChI=1S/C13H16O3S/c1-8(2)17-11-6-4-10(5-7-11)12(14)9(3)13(15)16/h4-9H,1-3H3,(H,15,16). The zero-order valence-corrected chi connectivity index (χ0v) is 11.0. The zero-order chi connectivity index (χ0) is 13.0. The second kappa shape index (κ2) is 5.87. The van der Waals surface area contributed by atoms with Gasteiger partial charge in [-0.15, -0.1) is 11.8 Å². The highest BCUT2D eigenvalue weighted by molar-refractivity contribution is 7.99. The molecule has 4 heteroatoms. The van der Waals surface area contributed by atoms with Gasteiger partial charge in [0.25, 0.3) is 0 Å². The van der Waals surface area contributed by atoms with Gasteiger partial charge in [0.15, 0.2) is 5.78 Å². The van der Waals surface area contributed by atoms with Crippen LogP contribution in [0.1, 0.15) is 31.1 Å². The lowest BCUT2D eigenvalue weighted by Crippen LogP contribution is -2.20. The molecule has 1 N–H and O–H groups in total. The van der Waals surface area contributed by atoms with E-state index in [0.717, 1.165) is 4.90 Å². The van der Waals surface area contributed by atoms with Gasteiger partial charge in [-0.05, 0) is 19.1 Å². The van der Waals surface area contributed by atoms with Crippen molar-refractivity contribution in [2.24, 2.45) is 5.92 Å². The van der Waals surface area contributed by atoms with E-state index in [2.05, 4.69) is 13.8 Å². The lowest BCUT2D eigenvalue weighted by molar-refractivity contribution is -0.139. The molecule has 1 rings (SSSR count). The molecule has 0 saturated heterocycles. The summed E-state index contributed by atoms with van der Waals surface area (Å²) < 4.78 is 0. The van der Waals surface area contributed by atoms with Crippen molar-refractivity contribution in [3.05, 3.63) is 29.8 Å². The fourth-order valence-corrected chi connectivity index (χ4v) is 2.17. The van der Waals surface area contributed by atoms with Crippen molar-refractivity contribution in [2.45, 2.75) is 30.9 Å². The van der Waals surface area contributed by atoms with Gasteiger partial charge in [-0.1, -0.05) is 26.0 Å². The van der Waals surface area contributed by atoms with Gasteiger partial charge in [0.05, 0.1) is 0 Å². The van der Waals surface area contributed by atoms with E-state index in [-0.39, 0.29) is 5.78 Å². The minimum atomic E-state index is -1.09. The molecule has 0 radical (unpaired) electrons. The number of rotatable bonds is 5. The number of hydrogen-bond acceptors (Lipinski definition) is 3. The Hall–Kier alpha value is -1.29. The van der Waals surface area contributed by atoms with Crippen molar-refractivity contribution >= 4 is 23.5 Å². The molecule has 0 spiro atoms. The van der Waals surface area contributed by atoms with E-state index in [1.807, 2.05) is 12.1 Å². The third kappa shape index (κ3) is 3.89. The smallest absolute Gasteiger partial charge is 0.314 e. The van der Waals surface area contributed by atoms with Gasteiger partial charge in [-0.2, -0.15) is 0 Å². The molecular formula is C13H16O3S. The molecule has 3 nitrogen and oxygen atoms in total. The van der Waals surface area contributed by atoms with Gasteiger partial charge >= 0.3 is 5.97 Å². The monoisotopic (exact) mass is 252 g/mol. The molecule has 1 atom stereocenters. The first-order valence-corrected chi connectivity index (χ1v) is 6.33. The summed E-state index contributed by atoms with van der Waals surface area (Å²) >= 11 is 1.71. The fourth-order valence-electron chi connectivity index (χ4n) is 1.33. The van der Waals surface area contributed by atoms with Crippen LogP contribution < -0.4 is 0 Å². The number of Topliss-reactive ketones (excluding diaryl/α,β-unsaturated/α-hetero) is 1. The summed E-state index contributed by atoms with van der Waals surface area (Å²) in [6.07, 6.45) is 0. The summed E-state index contributed by atoms with van der Waals surface area (Å²) in [6, 6.07) is 7.08. The highest BCUT2D eigenvalue weighted by Gasteiger charge is 2.21. The molecular weight excluding hydrogens is 236 g/mol. The number of hydrogen-bond donors (Lipinski definition) is 1. The normalized spacial score (nSPS) is 12.5. The summed E-state index contributed by atoms with van der Waals surface area (Å²) in [4.78, 5) is 23.5. The van der Waals surface area contributed by atoms with Crippen LogP contribution in [0.2, 0.25) is 0 Å². The molecule has 0 heterocycles. The number of benzene rings is 1. The lowest BCUT2D eigenvalue weighted by atomic mass is 10.00. The molecule has 1 aromatic rings. The molecule has 0 aliphatic rings. The summed E-state index contributed by atoms with van der Waals surface area (Å²) in [6.45, 7) is 5.59. The predicted octanol–water partition coefficient (Wildman–Crippen LogP) is 3.09. The summed E-state index contributed by atoms with van der Waals surface area (Å²) in [5.74, 6) is -2.42. The Bertz CT molecular complexity index is 409. The van der Waals surface area contributed by atoms with Crippen molar-refractivity contribution in [3.8, 4) is 0 Å². The molecule has 17 heavy (non-hydrogen) atoms. The van der Waals surface area contributed by atoms with Crippen LogP contribution in [0.15, 0.2) is 29.2 Å². The van der Waals surface area contributed by atoms with E-state index in [9.17, 15) is 9.59 Å². The van der Waals surface area contributed by atoms with E-state index < -0.39 is 11.9 Å². The second-order valence-corrected chi connectivity index (χ2v) is 5.77. The number of carbonyl (C=O) groups excluding carboxylic acids is 1. The molecule has 0 aliphatic carbocycles. The van der Waals surface area contributed by atoms with Gasteiger partial charge in [0.2, 0.25) is 0 Å². The maximum Gasteiger partial charge on any atom is 0.314 e. The Morgan fingerprint density at radius 1 is 1.12 bits per heavy atom. The van der Waals surface area contributed by atoms with E-state index in [1.54, 1.807) is 23.9 Å². The molecule has 0 fully saturated rings. The summed E-state index contributed by atoms with van der Waals surface area (Å²) in [7, 11) is 0. The van der Waals surface area contributed by atoms with Gasteiger partial charge in [0.1, 0.15) is 5.92 Å². The first-order valence-electron chi connectivity index (χ1n) is 5.45. The third-order valence-corrected chi connectivity index (χ3v) is 3.29. The van der Waals surface area contributed by atoms with Crippen molar-refractivity contribution in [1.82, 2.24) is 0 Å². The number of carbonyl (C=O) groups is 2. The van der Waals surface area contributed by atoms with Gasteiger partial charge in [-0.25, -0.2) is 0 Å². The Kier molecular flexibility index (Phi) is 4.75. The maximum absolute atomic E-state index is 11.7. The molecule has 0 amide bonds. The van der Waals surface area contributed by atoms with Crippen molar-refractivity contribution < 1.29 is 14.7 Å². The van der Waals surface area contributed by atoms with Crippen molar-refractivity contribution in [1.29, 1.82) is 0 Å². The molecule has 0 aliphatic heterocycles. The molecule has 1 aromatic carbocycles. The van der Waals surface area contributed by atoms with Crippen LogP contribution in [0, 0.1) is 5.92 Å². The van der Waals surface area contributed by atoms with Crippen LogP contribution in [0.25, 0.3) is 0 Å². The van der Waals surface area contributed by atoms with Crippen LogP contribution >= 0.6 is 11.8 Å². The van der Waals surface area contributed by atoms with Gasteiger partial charge in [-0.3, -0.25) is 9.59 Å². The highest BCUT2D eigenvalue weighted by Crippen LogP contribution is 2.23. The average Bonchev–Trinajstić information content (AvgIpc) is 2.27. The Morgan fingerprint density at radius 3 is 2.06 bits per heavy atom. The number of ketones is 1. The van der Waals surface area contributed by atoms with Crippen molar-refractivity contribution in [2.75, 3.05) is 0 Å². The quantitative estimate of drug-likeness (QED) is 0.497. The molecule has 0 saturated carbocycles. The van der Waals surface area contributed by atoms with Crippen LogP contribution in [0.3, 0.4) is 0 Å². The fraction of sp³-hybridized carbons (Fsp3) is 0.385. The Balaban J connectivity index is 2.80. The molecule has 92 valence electrons. The van der Waals surface area contributed by atoms with Gasteiger partial charge in [0, 0.05) is 15.7 Å². The summed E-state index contributed by atoms with van der Waals surface area (Å²) in [5.41, 5.74) is 0.452. The predicted molar refractivity (Wildman–Crippen MR) is 68.6 cm³/mol. The zero-order valence-electron chi connectivity index (χ0n) is 10.1. The van der Waals surface area contributed by atoms with Crippen LogP contribution in [-0.4, -0.2) is 22.1 Å². The topological polar surface area (TPSA) is 54.4 Å². The molecule has 0 bridgehead atoms. The number of carboxylic acids is 1. The number of aliphatic carboxylic acids is 1. The molecule has 0 aromatic heterocycles. The second-order valence-electron chi connectivity index (χ2n) is 4.12.